The molecule has 6 heteroatoms. The predicted molar refractivity (Wildman–Crippen MR) is 100 cm³/mol. The van der Waals surface area contributed by atoms with Gasteiger partial charge in [-0.1, -0.05) is 36.4 Å². The number of rotatable bonds is 7. The van der Waals surface area contributed by atoms with Gasteiger partial charge in [-0.2, -0.15) is 13.2 Å². The van der Waals surface area contributed by atoms with Crippen LogP contribution in [0.1, 0.15) is 42.4 Å². The average Bonchev–Trinajstić information content (AvgIpc) is 3.13. The standard InChI is InChI=1S/C22H21F3O3/c23-22(24,25)20-13-18(11-9-16(20)10-12-21(26)27)28-14-17-7-4-8-19(17)15-5-2-1-3-6-15/h1-3,5-6,9,11,13H,4,7-8,10,12,14H2,(H,26,27). The smallest absolute Gasteiger partial charge is 0.416 e. The fourth-order valence-electron chi connectivity index (χ4n) is 3.49. The van der Waals surface area contributed by atoms with Crippen LogP contribution in [-0.2, 0) is 17.4 Å². The van der Waals surface area contributed by atoms with Crippen molar-refractivity contribution in [3.05, 3.63) is 70.8 Å². The van der Waals surface area contributed by atoms with E-state index in [1.807, 2.05) is 30.3 Å². The minimum Gasteiger partial charge on any atom is -0.489 e. The molecule has 0 aromatic heterocycles. The molecule has 0 bridgehead atoms. The molecule has 0 saturated carbocycles. The largest absolute Gasteiger partial charge is 0.489 e. The Morgan fingerprint density at radius 1 is 1.07 bits per heavy atom. The zero-order valence-electron chi connectivity index (χ0n) is 15.3. The van der Waals surface area contributed by atoms with Crippen molar-refractivity contribution in [1.82, 2.24) is 0 Å². The number of allylic oxidation sites excluding steroid dienone is 1. The molecule has 0 saturated heterocycles. The summed E-state index contributed by atoms with van der Waals surface area (Å²) in [6, 6.07) is 13.7. The molecule has 28 heavy (non-hydrogen) atoms. The number of carboxylic acid groups (broad SMARTS) is 1. The summed E-state index contributed by atoms with van der Waals surface area (Å²) < 4.78 is 45.8. The third-order valence-corrected chi connectivity index (χ3v) is 4.86. The number of ether oxygens (including phenoxy) is 1. The van der Waals surface area contributed by atoms with Crippen molar-refractivity contribution in [2.45, 2.75) is 38.3 Å². The third kappa shape index (κ3) is 4.94. The van der Waals surface area contributed by atoms with Crippen LogP contribution in [0.2, 0.25) is 0 Å². The Labute approximate surface area is 161 Å². The Morgan fingerprint density at radius 3 is 2.50 bits per heavy atom. The first kappa shape index (κ1) is 20.0. The molecule has 2 aromatic rings. The van der Waals surface area contributed by atoms with E-state index in [1.54, 1.807) is 0 Å². The van der Waals surface area contributed by atoms with Crippen LogP contribution in [-0.4, -0.2) is 17.7 Å². The highest BCUT2D eigenvalue weighted by Crippen LogP contribution is 2.37. The highest BCUT2D eigenvalue weighted by atomic mass is 19.4. The average molecular weight is 390 g/mol. The van der Waals surface area contributed by atoms with Crippen molar-refractivity contribution >= 4 is 11.5 Å². The number of benzene rings is 2. The third-order valence-electron chi connectivity index (χ3n) is 4.86. The molecule has 0 unspecified atom stereocenters. The van der Waals surface area contributed by atoms with E-state index in [9.17, 15) is 18.0 Å². The summed E-state index contributed by atoms with van der Waals surface area (Å²) in [7, 11) is 0. The van der Waals surface area contributed by atoms with Crippen LogP contribution >= 0.6 is 0 Å². The Bertz CT molecular complexity index is 870. The van der Waals surface area contributed by atoms with E-state index >= 15 is 0 Å². The van der Waals surface area contributed by atoms with Crippen molar-refractivity contribution in [1.29, 1.82) is 0 Å². The molecule has 0 atom stereocenters. The Kier molecular flexibility index (Phi) is 6.07. The van der Waals surface area contributed by atoms with Crippen LogP contribution < -0.4 is 4.74 Å². The van der Waals surface area contributed by atoms with Gasteiger partial charge in [-0.15, -0.1) is 0 Å². The molecule has 3 rings (SSSR count). The fourth-order valence-corrected chi connectivity index (χ4v) is 3.49. The van der Waals surface area contributed by atoms with Gasteiger partial charge >= 0.3 is 12.1 Å². The maximum Gasteiger partial charge on any atom is 0.416 e. The summed E-state index contributed by atoms with van der Waals surface area (Å²) in [6.45, 7) is 0.246. The van der Waals surface area contributed by atoms with Crippen molar-refractivity contribution in [3.63, 3.8) is 0 Å². The van der Waals surface area contributed by atoms with Gasteiger partial charge in [0.05, 0.1) is 5.56 Å². The quantitative estimate of drug-likeness (QED) is 0.656. The molecule has 0 heterocycles. The number of hydrogen-bond donors (Lipinski definition) is 1. The van der Waals surface area contributed by atoms with Crippen LogP contribution in [0.5, 0.6) is 5.75 Å². The van der Waals surface area contributed by atoms with Gasteiger partial charge in [-0.3, -0.25) is 4.79 Å². The second-order valence-corrected chi connectivity index (χ2v) is 6.80. The van der Waals surface area contributed by atoms with E-state index in [0.29, 0.717) is 0 Å². The van der Waals surface area contributed by atoms with Gasteiger partial charge in [0, 0.05) is 6.42 Å². The van der Waals surface area contributed by atoms with Crippen LogP contribution in [0.3, 0.4) is 0 Å². The lowest BCUT2D eigenvalue weighted by Gasteiger charge is -2.15. The zero-order chi connectivity index (χ0) is 20.1. The number of alkyl halides is 3. The normalized spacial score (nSPS) is 14.4. The first-order chi connectivity index (χ1) is 13.3. The van der Waals surface area contributed by atoms with E-state index < -0.39 is 17.7 Å². The van der Waals surface area contributed by atoms with Crippen LogP contribution in [0, 0.1) is 0 Å². The van der Waals surface area contributed by atoms with Crippen LogP contribution in [0.4, 0.5) is 13.2 Å². The minimum atomic E-state index is -4.56. The van der Waals surface area contributed by atoms with E-state index in [4.69, 9.17) is 9.84 Å². The molecule has 2 aromatic carbocycles. The predicted octanol–water partition coefficient (Wildman–Crippen LogP) is 5.74. The van der Waals surface area contributed by atoms with E-state index in [-0.39, 0.29) is 30.8 Å². The minimum absolute atomic E-state index is 0.0349. The zero-order valence-corrected chi connectivity index (χ0v) is 15.3. The van der Waals surface area contributed by atoms with Gasteiger partial charge in [0.15, 0.2) is 0 Å². The Balaban J connectivity index is 1.78. The number of aliphatic carboxylic acids is 1. The lowest BCUT2D eigenvalue weighted by atomic mass is 10.0. The summed E-state index contributed by atoms with van der Waals surface area (Å²) in [5.41, 5.74) is 2.56. The number of aryl methyl sites for hydroxylation is 1. The second-order valence-electron chi connectivity index (χ2n) is 6.80. The first-order valence-corrected chi connectivity index (χ1v) is 9.15. The summed E-state index contributed by atoms with van der Waals surface area (Å²) in [4.78, 5) is 10.7. The number of halogens is 3. The lowest BCUT2D eigenvalue weighted by molar-refractivity contribution is -0.140. The number of hydrogen-bond acceptors (Lipinski definition) is 2. The molecule has 3 nitrogen and oxygen atoms in total. The highest BCUT2D eigenvalue weighted by Gasteiger charge is 2.33. The highest BCUT2D eigenvalue weighted by molar-refractivity contribution is 5.70. The second kappa shape index (κ2) is 8.50. The van der Waals surface area contributed by atoms with Crippen molar-refractivity contribution in [2.75, 3.05) is 6.61 Å². The molecule has 0 fully saturated rings. The topological polar surface area (TPSA) is 46.5 Å². The lowest BCUT2D eigenvalue weighted by Crippen LogP contribution is -2.11. The van der Waals surface area contributed by atoms with Crippen LogP contribution in [0.25, 0.3) is 5.57 Å². The molecule has 1 aliphatic carbocycles. The summed E-state index contributed by atoms with van der Waals surface area (Å²) in [6.07, 6.45) is -2.28. The molecular weight excluding hydrogens is 369 g/mol. The van der Waals surface area contributed by atoms with Gasteiger partial charge < -0.3 is 9.84 Å². The monoisotopic (exact) mass is 390 g/mol. The Hall–Kier alpha value is -2.76. The van der Waals surface area contributed by atoms with E-state index in [1.165, 1.54) is 17.7 Å². The van der Waals surface area contributed by atoms with Gasteiger partial charge in [0.2, 0.25) is 0 Å². The van der Waals surface area contributed by atoms with Gasteiger partial charge in [0.1, 0.15) is 12.4 Å². The van der Waals surface area contributed by atoms with Crippen molar-refractivity contribution in [2.24, 2.45) is 0 Å². The van der Waals surface area contributed by atoms with Crippen molar-refractivity contribution in [3.8, 4) is 5.75 Å². The maximum atomic E-state index is 13.4. The first-order valence-electron chi connectivity index (χ1n) is 9.15. The Morgan fingerprint density at radius 2 is 1.82 bits per heavy atom. The van der Waals surface area contributed by atoms with Crippen molar-refractivity contribution < 1.29 is 27.8 Å². The molecular formula is C22H21F3O3. The molecule has 0 aliphatic heterocycles. The van der Waals surface area contributed by atoms with E-state index in [2.05, 4.69) is 0 Å². The molecule has 0 amide bonds. The number of carbonyl (C=O) groups is 1. The molecule has 0 spiro atoms. The molecule has 1 aliphatic rings. The van der Waals surface area contributed by atoms with Gasteiger partial charge in [-0.05, 0) is 60.1 Å². The van der Waals surface area contributed by atoms with Gasteiger partial charge in [0.25, 0.3) is 0 Å². The SMILES string of the molecule is O=C(O)CCc1ccc(OCC2=C(c3ccccc3)CCC2)cc1C(F)(F)F. The molecule has 0 radical (unpaired) electrons. The molecule has 1 N–H and O–H groups in total. The summed E-state index contributed by atoms with van der Waals surface area (Å²) in [5.74, 6) is -0.992. The molecule has 148 valence electrons. The van der Waals surface area contributed by atoms with Crippen LogP contribution in [0.15, 0.2) is 54.1 Å². The maximum absolute atomic E-state index is 13.4. The van der Waals surface area contributed by atoms with Gasteiger partial charge in [-0.25, -0.2) is 0 Å². The summed E-state index contributed by atoms with van der Waals surface area (Å²) >= 11 is 0. The van der Waals surface area contributed by atoms with E-state index in [0.717, 1.165) is 36.5 Å². The fraction of sp³-hybridized carbons (Fsp3) is 0.318. The number of carboxylic acids is 1. The summed E-state index contributed by atoms with van der Waals surface area (Å²) in [5, 5.41) is 8.74.